The monoisotopic (exact) mass is 684 g/mol. The minimum absolute atomic E-state index is 0.368. The summed E-state index contributed by atoms with van der Waals surface area (Å²) in [5.74, 6) is 0.773. The Balaban J connectivity index is 1.03. The van der Waals surface area contributed by atoms with Gasteiger partial charge in [-0.15, -0.1) is 0 Å². The summed E-state index contributed by atoms with van der Waals surface area (Å²) in [6, 6.07) is 66.7. The minimum Gasteiger partial charge on any atom is -0.228 e. The third-order valence-corrected chi connectivity index (χ3v) is 12.2. The Kier molecular flexibility index (Phi) is 6.07. The van der Waals surface area contributed by atoms with E-state index in [0.717, 1.165) is 40.0 Å². The predicted molar refractivity (Wildman–Crippen MR) is 220 cm³/mol. The van der Waals surface area contributed by atoms with Gasteiger partial charge in [0.1, 0.15) is 0 Å². The van der Waals surface area contributed by atoms with Crippen molar-refractivity contribution in [1.82, 2.24) is 9.97 Å². The summed E-state index contributed by atoms with van der Waals surface area (Å²) in [6.07, 6.45) is 0.821. The third kappa shape index (κ3) is 3.89. The van der Waals surface area contributed by atoms with E-state index in [9.17, 15) is 0 Å². The molecule has 0 atom stereocenters. The molecular formula is C52H32N2. The summed E-state index contributed by atoms with van der Waals surface area (Å²) >= 11 is 0. The van der Waals surface area contributed by atoms with Gasteiger partial charge in [0, 0.05) is 22.9 Å². The summed E-state index contributed by atoms with van der Waals surface area (Å²) in [5, 5.41) is 1.06. The fourth-order valence-corrected chi connectivity index (χ4v) is 9.99. The highest BCUT2D eigenvalue weighted by Crippen LogP contribution is 2.63. The first-order chi connectivity index (χ1) is 26.8. The molecule has 2 heteroatoms. The van der Waals surface area contributed by atoms with Crippen LogP contribution < -0.4 is 0 Å². The van der Waals surface area contributed by atoms with Crippen LogP contribution in [-0.2, 0) is 11.8 Å². The molecule has 1 aromatic heterocycles. The van der Waals surface area contributed by atoms with Crippen LogP contribution in [0.1, 0.15) is 33.4 Å². The number of hydrogen-bond acceptors (Lipinski definition) is 2. The molecule has 0 radical (unpaired) electrons. The van der Waals surface area contributed by atoms with Crippen molar-refractivity contribution in [3.8, 4) is 67.2 Å². The average molecular weight is 685 g/mol. The summed E-state index contributed by atoms with van der Waals surface area (Å²) in [4.78, 5) is 10.5. The first-order valence-corrected chi connectivity index (χ1v) is 18.8. The Bertz CT molecular complexity index is 2960. The maximum atomic E-state index is 5.29. The third-order valence-electron chi connectivity index (χ3n) is 12.2. The molecule has 54 heavy (non-hydrogen) atoms. The summed E-state index contributed by atoms with van der Waals surface area (Å²) < 4.78 is 0. The van der Waals surface area contributed by atoms with E-state index in [1.165, 1.54) is 77.9 Å². The molecule has 0 saturated heterocycles. The Hall–Kier alpha value is -6.90. The maximum Gasteiger partial charge on any atom is 0.160 e. The lowest BCUT2D eigenvalue weighted by Gasteiger charge is -2.30. The Morgan fingerprint density at radius 1 is 0.352 bits per heavy atom. The highest BCUT2D eigenvalue weighted by Gasteiger charge is 2.51. The van der Waals surface area contributed by atoms with Crippen LogP contribution in [0.25, 0.3) is 78.1 Å². The van der Waals surface area contributed by atoms with E-state index >= 15 is 0 Å². The molecule has 8 aromatic carbocycles. The highest BCUT2D eigenvalue weighted by atomic mass is 14.9. The molecule has 250 valence electrons. The van der Waals surface area contributed by atoms with Crippen LogP contribution >= 0.6 is 0 Å². The van der Waals surface area contributed by atoms with Gasteiger partial charge in [-0.2, -0.15) is 0 Å². The normalized spacial score (nSPS) is 13.6. The van der Waals surface area contributed by atoms with Crippen molar-refractivity contribution in [3.05, 3.63) is 215 Å². The standard InChI is InChI=1S/C52H32N2/c1-2-14-32(15-3-1)50-42-19-7-11-27-49(42)53-51(54-50)41-23-13-22-36-35-21-12-20-34(43(35)31-44(36)41)33-28-29-40-39-18-6-10-26-47(39)52(48(40)30-33)45-24-8-4-16-37(45)38-17-5-9-25-46(38)52/h1-30H,31H2. The smallest absolute Gasteiger partial charge is 0.160 e. The van der Waals surface area contributed by atoms with Crippen LogP contribution in [-0.4, -0.2) is 9.97 Å². The fraction of sp³-hybridized carbons (Fsp3) is 0.0385. The molecule has 3 aliphatic carbocycles. The van der Waals surface area contributed by atoms with Gasteiger partial charge in [0.15, 0.2) is 5.82 Å². The second-order valence-electron chi connectivity index (χ2n) is 14.8. The van der Waals surface area contributed by atoms with Gasteiger partial charge in [0.05, 0.1) is 16.6 Å². The van der Waals surface area contributed by atoms with Gasteiger partial charge in [-0.1, -0.05) is 170 Å². The molecule has 9 aromatic rings. The Morgan fingerprint density at radius 2 is 0.870 bits per heavy atom. The van der Waals surface area contributed by atoms with Gasteiger partial charge in [0.2, 0.25) is 0 Å². The van der Waals surface area contributed by atoms with Crippen molar-refractivity contribution >= 4 is 10.9 Å². The molecule has 0 saturated carbocycles. The second kappa shape index (κ2) is 11.1. The maximum absolute atomic E-state index is 5.29. The largest absolute Gasteiger partial charge is 0.228 e. The molecule has 0 N–H and O–H groups in total. The van der Waals surface area contributed by atoms with Crippen LogP contribution in [0, 0.1) is 0 Å². The lowest BCUT2D eigenvalue weighted by Crippen LogP contribution is -2.25. The fourth-order valence-electron chi connectivity index (χ4n) is 9.99. The average Bonchev–Trinajstić information content (AvgIpc) is 3.88. The molecule has 1 heterocycles. The van der Waals surface area contributed by atoms with E-state index in [-0.39, 0.29) is 5.41 Å². The zero-order valence-electron chi connectivity index (χ0n) is 29.4. The molecule has 0 amide bonds. The molecule has 12 rings (SSSR count). The van der Waals surface area contributed by atoms with Crippen LogP contribution in [0.2, 0.25) is 0 Å². The van der Waals surface area contributed by atoms with E-state index in [1.54, 1.807) is 0 Å². The number of hydrogen-bond donors (Lipinski definition) is 0. The molecule has 0 fully saturated rings. The van der Waals surface area contributed by atoms with Gasteiger partial charge in [0.25, 0.3) is 0 Å². The van der Waals surface area contributed by atoms with E-state index < -0.39 is 0 Å². The number of fused-ring (bicyclic) bond motifs is 14. The van der Waals surface area contributed by atoms with Crippen molar-refractivity contribution in [3.63, 3.8) is 0 Å². The van der Waals surface area contributed by atoms with Crippen LogP contribution in [0.15, 0.2) is 182 Å². The Labute approximate surface area is 314 Å². The molecule has 2 nitrogen and oxygen atoms in total. The van der Waals surface area contributed by atoms with Crippen molar-refractivity contribution < 1.29 is 0 Å². The van der Waals surface area contributed by atoms with Crippen LogP contribution in [0.3, 0.4) is 0 Å². The summed E-state index contributed by atoms with van der Waals surface area (Å²) in [6.45, 7) is 0. The zero-order valence-corrected chi connectivity index (χ0v) is 29.4. The highest BCUT2D eigenvalue weighted by molar-refractivity contribution is 5.98. The van der Waals surface area contributed by atoms with E-state index in [4.69, 9.17) is 9.97 Å². The van der Waals surface area contributed by atoms with Gasteiger partial charge >= 0.3 is 0 Å². The van der Waals surface area contributed by atoms with Crippen molar-refractivity contribution in [1.29, 1.82) is 0 Å². The predicted octanol–water partition coefficient (Wildman–Crippen LogP) is 12.5. The zero-order chi connectivity index (χ0) is 35.4. The molecule has 0 bridgehead atoms. The van der Waals surface area contributed by atoms with Crippen molar-refractivity contribution in [2.45, 2.75) is 11.8 Å². The van der Waals surface area contributed by atoms with Crippen molar-refractivity contribution in [2.75, 3.05) is 0 Å². The quantitative estimate of drug-likeness (QED) is 0.185. The molecular weight excluding hydrogens is 653 g/mol. The van der Waals surface area contributed by atoms with Gasteiger partial charge < -0.3 is 0 Å². The van der Waals surface area contributed by atoms with E-state index in [0.29, 0.717) is 0 Å². The number of para-hydroxylation sites is 1. The number of aromatic nitrogens is 2. The lowest BCUT2D eigenvalue weighted by molar-refractivity contribution is 0.794. The van der Waals surface area contributed by atoms with E-state index in [2.05, 4.69) is 182 Å². The topological polar surface area (TPSA) is 25.8 Å². The first-order valence-electron chi connectivity index (χ1n) is 18.8. The van der Waals surface area contributed by atoms with Crippen LogP contribution in [0.4, 0.5) is 0 Å². The number of nitrogens with zero attached hydrogens (tertiary/aromatic N) is 2. The molecule has 1 spiro atoms. The molecule has 3 aliphatic rings. The second-order valence-corrected chi connectivity index (χ2v) is 14.8. The lowest BCUT2D eigenvalue weighted by atomic mass is 9.70. The first kappa shape index (κ1) is 29.7. The van der Waals surface area contributed by atoms with E-state index in [1.807, 2.05) is 0 Å². The summed E-state index contributed by atoms with van der Waals surface area (Å²) in [7, 11) is 0. The van der Waals surface area contributed by atoms with Crippen LogP contribution in [0.5, 0.6) is 0 Å². The Morgan fingerprint density at radius 3 is 1.56 bits per heavy atom. The SMILES string of the molecule is c1ccc(-c2nc(-c3cccc4c3Cc3c(-c5ccc6c(c5)C5(c7ccccc7-c7ccccc75)c5ccccc5-6)cccc3-4)nc3ccccc23)cc1. The summed E-state index contributed by atoms with van der Waals surface area (Å²) in [5.41, 5.74) is 22.3. The number of rotatable bonds is 3. The van der Waals surface area contributed by atoms with Gasteiger partial charge in [-0.25, -0.2) is 9.97 Å². The molecule has 0 aliphatic heterocycles. The molecule has 0 unspecified atom stereocenters. The van der Waals surface area contributed by atoms with Gasteiger partial charge in [-0.05, 0) is 90.0 Å². The number of benzene rings is 8. The van der Waals surface area contributed by atoms with Gasteiger partial charge in [-0.3, -0.25) is 0 Å². The minimum atomic E-state index is -0.368. The van der Waals surface area contributed by atoms with Crippen molar-refractivity contribution in [2.24, 2.45) is 0 Å².